The van der Waals surface area contributed by atoms with Gasteiger partial charge in [-0.25, -0.2) is 4.68 Å². The molecule has 2 aromatic rings. The predicted molar refractivity (Wildman–Crippen MR) is 75.8 cm³/mol. The molecule has 1 saturated heterocycles. The van der Waals surface area contributed by atoms with E-state index in [4.69, 9.17) is 4.74 Å². The maximum absolute atomic E-state index is 12.3. The fourth-order valence-electron chi connectivity index (χ4n) is 2.40. The molecule has 0 N–H and O–H groups in total. The summed E-state index contributed by atoms with van der Waals surface area (Å²) in [5.74, 6) is -0.142. The molecule has 0 radical (unpaired) electrons. The van der Waals surface area contributed by atoms with E-state index in [0.29, 0.717) is 30.6 Å². The van der Waals surface area contributed by atoms with Crippen molar-refractivity contribution in [1.82, 2.24) is 19.9 Å². The quantitative estimate of drug-likeness (QED) is 0.779. The number of hydrogen-bond acceptors (Lipinski definition) is 5. The second-order valence-electron chi connectivity index (χ2n) is 5.09. The van der Waals surface area contributed by atoms with Crippen LogP contribution in [0.2, 0.25) is 0 Å². The van der Waals surface area contributed by atoms with Crippen LogP contribution < -0.4 is 5.56 Å². The minimum atomic E-state index is -0.296. The first-order valence-electron chi connectivity index (χ1n) is 6.87. The van der Waals surface area contributed by atoms with Crippen LogP contribution in [-0.2, 0) is 16.1 Å². The van der Waals surface area contributed by atoms with Crippen LogP contribution >= 0.6 is 0 Å². The lowest BCUT2D eigenvalue weighted by Crippen LogP contribution is -2.46. The molecule has 7 heteroatoms. The molecule has 0 spiro atoms. The van der Waals surface area contributed by atoms with Crippen LogP contribution in [0.5, 0.6) is 0 Å². The van der Waals surface area contributed by atoms with Gasteiger partial charge < -0.3 is 9.64 Å². The van der Waals surface area contributed by atoms with Crippen LogP contribution in [0.3, 0.4) is 0 Å². The molecule has 1 aliphatic heterocycles. The van der Waals surface area contributed by atoms with Crippen LogP contribution in [0, 0.1) is 0 Å². The van der Waals surface area contributed by atoms with Gasteiger partial charge in [0.1, 0.15) is 12.1 Å². The highest BCUT2D eigenvalue weighted by atomic mass is 16.5. The van der Waals surface area contributed by atoms with E-state index in [1.165, 1.54) is 0 Å². The van der Waals surface area contributed by atoms with Gasteiger partial charge in [0.2, 0.25) is 5.91 Å². The van der Waals surface area contributed by atoms with Crippen molar-refractivity contribution < 1.29 is 9.53 Å². The van der Waals surface area contributed by atoms with Gasteiger partial charge in [-0.3, -0.25) is 9.59 Å². The van der Waals surface area contributed by atoms with E-state index in [1.807, 2.05) is 6.92 Å². The van der Waals surface area contributed by atoms with Crippen molar-refractivity contribution >= 4 is 16.8 Å². The highest BCUT2D eigenvalue weighted by Gasteiger charge is 2.22. The number of morpholine rings is 1. The van der Waals surface area contributed by atoms with Gasteiger partial charge in [0, 0.05) is 13.1 Å². The zero-order valence-electron chi connectivity index (χ0n) is 11.7. The van der Waals surface area contributed by atoms with Crippen molar-refractivity contribution in [2.75, 3.05) is 19.7 Å². The summed E-state index contributed by atoms with van der Waals surface area (Å²) in [6, 6.07) is 6.96. The average molecular weight is 288 g/mol. The van der Waals surface area contributed by atoms with Gasteiger partial charge in [-0.05, 0) is 19.1 Å². The number of carbonyl (C=O) groups excluding carboxylic acids is 1. The number of nitrogens with zero attached hydrogens (tertiary/aromatic N) is 4. The lowest BCUT2D eigenvalue weighted by molar-refractivity contribution is -0.139. The summed E-state index contributed by atoms with van der Waals surface area (Å²) in [7, 11) is 0. The first kappa shape index (κ1) is 13.7. The van der Waals surface area contributed by atoms with Crippen LogP contribution in [0.1, 0.15) is 6.92 Å². The van der Waals surface area contributed by atoms with E-state index in [-0.39, 0.29) is 24.1 Å². The second-order valence-corrected chi connectivity index (χ2v) is 5.09. The molecule has 0 aliphatic carbocycles. The predicted octanol–water partition coefficient (Wildman–Crippen LogP) is 0.0388. The Kier molecular flexibility index (Phi) is 3.66. The molecule has 2 heterocycles. The molecule has 1 aromatic carbocycles. The Bertz CT molecular complexity index is 727. The molecular formula is C14H16N4O3. The smallest absolute Gasteiger partial charge is 0.278 e. The van der Waals surface area contributed by atoms with Crippen LogP contribution in [0.15, 0.2) is 29.1 Å². The number of carbonyl (C=O) groups is 1. The minimum absolute atomic E-state index is 0.0158. The Balaban J connectivity index is 1.83. The summed E-state index contributed by atoms with van der Waals surface area (Å²) in [6.45, 7) is 3.42. The molecule has 0 bridgehead atoms. The number of rotatable bonds is 2. The molecule has 1 aromatic heterocycles. The number of hydrogen-bond donors (Lipinski definition) is 0. The summed E-state index contributed by atoms with van der Waals surface area (Å²) in [5.41, 5.74) is 0.237. The van der Waals surface area contributed by atoms with Crippen molar-refractivity contribution in [3.63, 3.8) is 0 Å². The molecule has 21 heavy (non-hydrogen) atoms. The Hall–Kier alpha value is -2.28. The van der Waals surface area contributed by atoms with Crippen LogP contribution in [0.25, 0.3) is 10.9 Å². The highest BCUT2D eigenvalue weighted by molar-refractivity contribution is 5.78. The number of ether oxygens (including phenoxy) is 1. The van der Waals surface area contributed by atoms with Gasteiger partial charge in [0.25, 0.3) is 5.56 Å². The Morgan fingerprint density at radius 1 is 1.43 bits per heavy atom. The van der Waals surface area contributed by atoms with Gasteiger partial charge in [0.15, 0.2) is 0 Å². The van der Waals surface area contributed by atoms with E-state index in [1.54, 1.807) is 29.2 Å². The molecule has 3 rings (SSSR count). The van der Waals surface area contributed by atoms with Crippen molar-refractivity contribution in [2.24, 2.45) is 0 Å². The van der Waals surface area contributed by atoms with Gasteiger partial charge in [-0.1, -0.05) is 17.3 Å². The molecular weight excluding hydrogens is 272 g/mol. The summed E-state index contributed by atoms with van der Waals surface area (Å²) >= 11 is 0. The number of aromatic nitrogens is 3. The monoisotopic (exact) mass is 288 g/mol. The minimum Gasteiger partial charge on any atom is -0.375 e. The fourth-order valence-corrected chi connectivity index (χ4v) is 2.40. The number of benzene rings is 1. The lowest BCUT2D eigenvalue weighted by Gasteiger charge is -2.31. The largest absolute Gasteiger partial charge is 0.375 e. The van der Waals surface area contributed by atoms with Crippen LogP contribution in [0.4, 0.5) is 0 Å². The van der Waals surface area contributed by atoms with Crippen molar-refractivity contribution in [3.8, 4) is 0 Å². The van der Waals surface area contributed by atoms with Gasteiger partial charge in [-0.15, -0.1) is 5.10 Å². The SMILES string of the molecule is CC1CN(C(=O)Cn2nnc3ccccc3c2=O)CCO1. The topological polar surface area (TPSA) is 77.3 Å². The standard InChI is InChI=1S/C14H16N4O3/c1-10-8-17(6-7-21-10)13(19)9-18-14(20)11-4-2-3-5-12(11)15-16-18/h2-5,10H,6-9H2,1H3. The van der Waals surface area contributed by atoms with E-state index in [9.17, 15) is 9.59 Å². The first-order chi connectivity index (χ1) is 10.1. The van der Waals surface area contributed by atoms with Crippen molar-refractivity contribution in [3.05, 3.63) is 34.6 Å². The van der Waals surface area contributed by atoms with Crippen molar-refractivity contribution in [1.29, 1.82) is 0 Å². The Morgan fingerprint density at radius 2 is 2.24 bits per heavy atom. The van der Waals surface area contributed by atoms with Gasteiger partial charge in [0.05, 0.1) is 18.1 Å². The summed E-state index contributed by atoms with van der Waals surface area (Å²) in [5, 5.41) is 8.28. The molecule has 1 atom stereocenters. The van der Waals surface area contributed by atoms with Crippen LogP contribution in [-0.4, -0.2) is 51.6 Å². The van der Waals surface area contributed by atoms with E-state index < -0.39 is 0 Å². The molecule has 1 aliphatic rings. The van der Waals surface area contributed by atoms with Gasteiger partial charge >= 0.3 is 0 Å². The third kappa shape index (κ3) is 2.78. The normalized spacial score (nSPS) is 18.9. The number of amides is 1. The highest BCUT2D eigenvalue weighted by Crippen LogP contribution is 2.06. The molecule has 7 nitrogen and oxygen atoms in total. The summed E-state index contributed by atoms with van der Waals surface area (Å²) in [4.78, 5) is 26.2. The fraction of sp³-hybridized carbons (Fsp3) is 0.429. The third-order valence-corrected chi connectivity index (χ3v) is 3.51. The van der Waals surface area contributed by atoms with E-state index in [0.717, 1.165) is 4.68 Å². The Morgan fingerprint density at radius 3 is 3.05 bits per heavy atom. The zero-order valence-corrected chi connectivity index (χ0v) is 11.7. The Labute approximate surface area is 121 Å². The number of fused-ring (bicyclic) bond motifs is 1. The molecule has 1 amide bonds. The molecule has 110 valence electrons. The summed E-state index contributed by atoms with van der Waals surface area (Å²) in [6.07, 6.45) is 0.0158. The van der Waals surface area contributed by atoms with E-state index in [2.05, 4.69) is 10.3 Å². The maximum Gasteiger partial charge on any atom is 0.278 e. The lowest BCUT2D eigenvalue weighted by atomic mass is 10.2. The summed E-state index contributed by atoms with van der Waals surface area (Å²) < 4.78 is 6.52. The maximum atomic E-state index is 12.3. The van der Waals surface area contributed by atoms with Gasteiger partial charge in [-0.2, -0.15) is 0 Å². The zero-order chi connectivity index (χ0) is 14.8. The molecule has 1 unspecified atom stereocenters. The average Bonchev–Trinajstić information content (AvgIpc) is 2.50. The molecule has 0 saturated carbocycles. The first-order valence-corrected chi connectivity index (χ1v) is 6.87. The van der Waals surface area contributed by atoms with E-state index >= 15 is 0 Å². The van der Waals surface area contributed by atoms with Crippen molar-refractivity contribution in [2.45, 2.75) is 19.6 Å². The molecule has 1 fully saturated rings. The third-order valence-electron chi connectivity index (χ3n) is 3.51. The second kappa shape index (κ2) is 5.61.